The fraction of sp³-hybridized carbons (Fsp3) is 0.769. The highest BCUT2D eigenvalue weighted by molar-refractivity contribution is 5.74. The molecule has 0 radical (unpaired) electrons. The Labute approximate surface area is 95.8 Å². The van der Waals surface area contributed by atoms with E-state index in [9.17, 15) is 4.79 Å². The van der Waals surface area contributed by atoms with E-state index in [1.54, 1.807) is 0 Å². The largest absolute Gasteiger partial charge is 0.436 e. The van der Waals surface area contributed by atoms with Gasteiger partial charge in [0.15, 0.2) is 0 Å². The molecule has 2 aliphatic carbocycles. The Kier molecular flexibility index (Phi) is 2.72. The molecule has 0 amide bonds. The van der Waals surface area contributed by atoms with Gasteiger partial charge in [-0.2, -0.15) is 0 Å². The molecule has 1 saturated heterocycles. The lowest BCUT2D eigenvalue weighted by atomic mass is 9.94. The molecular weight excluding hydrogens is 204 g/mol. The first-order chi connectivity index (χ1) is 7.83. The molecular formula is C13H18O3. The van der Waals surface area contributed by atoms with Crippen molar-refractivity contribution < 1.29 is 14.3 Å². The first-order valence-corrected chi connectivity index (χ1v) is 6.33. The first-order valence-electron chi connectivity index (χ1n) is 6.33. The summed E-state index contributed by atoms with van der Waals surface area (Å²) in [6.45, 7) is 0.731. The van der Waals surface area contributed by atoms with Crippen molar-refractivity contribution in [1.82, 2.24) is 0 Å². The van der Waals surface area contributed by atoms with Gasteiger partial charge in [-0.25, -0.2) is 0 Å². The van der Waals surface area contributed by atoms with Crippen LogP contribution in [-0.4, -0.2) is 18.9 Å². The van der Waals surface area contributed by atoms with Crippen LogP contribution in [-0.2, 0) is 14.3 Å². The molecule has 0 aromatic heterocycles. The minimum absolute atomic E-state index is 0.0382. The van der Waals surface area contributed by atoms with Crippen molar-refractivity contribution in [3.8, 4) is 0 Å². The summed E-state index contributed by atoms with van der Waals surface area (Å²) in [6.07, 6.45) is 9.33. The molecule has 3 heteroatoms. The van der Waals surface area contributed by atoms with E-state index in [0.29, 0.717) is 11.8 Å². The third kappa shape index (κ3) is 1.88. The van der Waals surface area contributed by atoms with Gasteiger partial charge in [0.25, 0.3) is 0 Å². The van der Waals surface area contributed by atoms with Crippen LogP contribution in [0.3, 0.4) is 0 Å². The van der Waals surface area contributed by atoms with Crippen molar-refractivity contribution in [3.63, 3.8) is 0 Å². The molecule has 88 valence electrons. The Morgan fingerprint density at radius 1 is 1.25 bits per heavy atom. The SMILES string of the molecule is O=C(O[C@H]1CCCCO1)[C@H]1C[C@H]2C=C[C@@H]1C2. The Bertz CT molecular complexity index is 304. The monoisotopic (exact) mass is 222 g/mol. The van der Waals surface area contributed by atoms with Gasteiger partial charge in [0, 0.05) is 6.42 Å². The summed E-state index contributed by atoms with van der Waals surface area (Å²) < 4.78 is 10.9. The van der Waals surface area contributed by atoms with Crippen LogP contribution in [0.5, 0.6) is 0 Å². The van der Waals surface area contributed by atoms with E-state index in [1.165, 1.54) is 0 Å². The number of hydrogen-bond acceptors (Lipinski definition) is 3. The predicted molar refractivity (Wildman–Crippen MR) is 58.5 cm³/mol. The number of rotatable bonds is 2. The van der Waals surface area contributed by atoms with Crippen molar-refractivity contribution >= 4 is 5.97 Å². The second kappa shape index (κ2) is 4.21. The van der Waals surface area contributed by atoms with Crippen molar-refractivity contribution in [1.29, 1.82) is 0 Å². The van der Waals surface area contributed by atoms with Crippen molar-refractivity contribution in [2.75, 3.05) is 6.61 Å². The van der Waals surface area contributed by atoms with Gasteiger partial charge in [0.1, 0.15) is 0 Å². The number of carbonyl (C=O) groups is 1. The molecule has 0 N–H and O–H groups in total. The zero-order chi connectivity index (χ0) is 11.0. The third-order valence-electron chi connectivity index (χ3n) is 3.97. The zero-order valence-electron chi connectivity index (χ0n) is 9.43. The quantitative estimate of drug-likeness (QED) is 0.531. The van der Waals surface area contributed by atoms with Crippen LogP contribution in [0, 0.1) is 17.8 Å². The molecule has 1 aliphatic heterocycles. The molecule has 2 bridgehead atoms. The minimum Gasteiger partial charge on any atom is -0.436 e. The fourth-order valence-corrected chi connectivity index (χ4v) is 3.07. The molecule has 16 heavy (non-hydrogen) atoms. The van der Waals surface area contributed by atoms with Crippen LogP contribution in [0.25, 0.3) is 0 Å². The van der Waals surface area contributed by atoms with Gasteiger partial charge in [0.2, 0.25) is 6.29 Å². The number of esters is 1. The van der Waals surface area contributed by atoms with Gasteiger partial charge >= 0.3 is 5.97 Å². The van der Waals surface area contributed by atoms with Gasteiger partial charge in [-0.05, 0) is 37.5 Å². The lowest BCUT2D eigenvalue weighted by Gasteiger charge is -2.25. The summed E-state index contributed by atoms with van der Waals surface area (Å²) in [4.78, 5) is 12.0. The number of ether oxygens (including phenoxy) is 2. The van der Waals surface area contributed by atoms with Crippen LogP contribution in [0.15, 0.2) is 12.2 Å². The molecule has 0 unspecified atom stereocenters. The van der Waals surface area contributed by atoms with E-state index in [4.69, 9.17) is 9.47 Å². The molecule has 3 nitrogen and oxygen atoms in total. The minimum atomic E-state index is -0.274. The van der Waals surface area contributed by atoms with Crippen molar-refractivity contribution in [2.45, 2.75) is 38.4 Å². The normalized spacial score (nSPS) is 41.2. The summed E-state index contributed by atoms with van der Waals surface area (Å²) in [5.74, 6) is 1.11. The van der Waals surface area contributed by atoms with Gasteiger partial charge in [-0.3, -0.25) is 4.79 Å². The highest BCUT2D eigenvalue weighted by atomic mass is 16.7. The summed E-state index contributed by atoms with van der Waals surface area (Å²) in [5.41, 5.74) is 0. The summed E-state index contributed by atoms with van der Waals surface area (Å²) in [5, 5.41) is 0. The van der Waals surface area contributed by atoms with Gasteiger partial charge < -0.3 is 9.47 Å². The average Bonchev–Trinajstić information content (AvgIpc) is 2.92. The summed E-state index contributed by atoms with van der Waals surface area (Å²) in [6, 6.07) is 0. The molecule has 1 heterocycles. The van der Waals surface area contributed by atoms with E-state index < -0.39 is 0 Å². The highest BCUT2D eigenvalue weighted by Crippen LogP contribution is 2.44. The first kappa shape index (κ1) is 10.3. The van der Waals surface area contributed by atoms with E-state index in [0.717, 1.165) is 38.7 Å². The van der Waals surface area contributed by atoms with Crippen LogP contribution < -0.4 is 0 Å². The molecule has 0 aromatic rings. The smallest absolute Gasteiger partial charge is 0.311 e. The number of hydrogen-bond donors (Lipinski definition) is 0. The van der Waals surface area contributed by atoms with Crippen molar-refractivity contribution in [2.24, 2.45) is 17.8 Å². The average molecular weight is 222 g/mol. The maximum atomic E-state index is 12.0. The molecule has 4 atom stereocenters. The molecule has 2 fully saturated rings. The second-order valence-corrected chi connectivity index (χ2v) is 5.12. The summed E-state index contributed by atoms with van der Waals surface area (Å²) >= 11 is 0. The number of carbonyl (C=O) groups excluding carboxylic acids is 1. The van der Waals surface area contributed by atoms with Crippen molar-refractivity contribution in [3.05, 3.63) is 12.2 Å². The Hall–Kier alpha value is -0.830. The molecule has 3 rings (SSSR count). The fourth-order valence-electron chi connectivity index (χ4n) is 3.07. The standard InChI is InChI=1S/C13H18O3/c14-13(16-12-3-1-2-6-15-12)11-8-9-4-5-10(11)7-9/h4-5,9-12H,1-3,6-8H2/t9-,10+,11-,12-/m0/s1. The number of allylic oxidation sites excluding steroid dienone is 2. The predicted octanol–water partition coefficient (Wildman–Crippen LogP) is 2.27. The lowest BCUT2D eigenvalue weighted by Crippen LogP contribution is -2.30. The molecule has 1 saturated carbocycles. The third-order valence-corrected chi connectivity index (χ3v) is 3.97. The summed E-state index contributed by atoms with van der Waals surface area (Å²) in [7, 11) is 0. The van der Waals surface area contributed by atoms with Crippen LogP contribution in [0.2, 0.25) is 0 Å². The van der Waals surface area contributed by atoms with E-state index in [2.05, 4.69) is 12.2 Å². The van der Waals surface area contributed by atoms with Crippen LogP contribution in [0.1, 0.15) is 32.1 Å². The second-order valence-electron chi connectivity index (χ2n) is 5.12. The topological polar surface area (TPSA) is 35.5 Å². The molecule has 3 aliphatic rings. The van der Waals surface area contributed by atoms with E-state index >= 15 is 0 Å². The van der Waals surface area contributed by atoms with E-state index in [-0.39, 0.29) is 18.2 Å². The Morgan fingerprint density at radius 2 is 2.19 bits per heavy atom. The zero-order valence-corrected chi connectivity index (χ0v) is 9.43. The molecule has 0 aromatic carbocycles. The van der Waals surface area contributed by atoms with E-state index in [1.807, 2.05) is 0 Å². The Balaban J connectivity index is 1.55. The molecule has 0 spiro atoms. The number of fused-ring (bicyclic) bond motifs is 2. The maximum absolute atomic E-state index is 12.0. The van der Waals surface area contributed by atoms with Crippen LogP contribution in [0.4, 0.5) is 0 Å². The maximum Gasteiger partial charge on any atom is 0.311 e. The highest BCUT2D eigenvalue weighted by Gasteiger charge is 2.41. The van der Waals surface area contributed by atoms with Gasteiger partial charge in [-0.15, -0.1) is 0 Å². The lowest BCUT2D eigenvalue weighted by molar-refractivity contribution is -0.191. The van der Waals surface area contributed by atoms with Gasteiger partial charge in [0.05, 0.1) is 12.5 Å². The van der Waals surface area contributed by atoms with Crippen LogP contribution >= 0.6 is 0 Å². The van der Waals surface area contributed by atoms with Gasteiger partial charge in [-0.1, -0.05) is 12.2 Å². The Morgan fingerprint density at radius 3 is 2.81 bits per heavy atom.